The highest BCUT2D eigenvalue weighted by Crippen LogP contribution is 2.20. The molecule has 0 radical (unpaired) electrons. The third-order valence-corrected chi connectivity index (χ3v) is 3.05. The van der Waals surface area contributed by atoms with Gasteiger partial charge in [-0.2, -0.15) is 11.8 Å². The first-order chi connectivity index (χ1) is 4.98. The van der Waals surface area contributed by atoms with E-state index >= 15 is 0 Å². The Morgan fingerprint density at radius 1 is 1.36 bits per heavy atom. The summed E-state index contributed by atoms with van der Waals surface area (Å²) in [6, 6.07) is 0.332. The molecule has 0 aliphatic rings. The Kier molecular flexibility index (Phi) is 5.19. The average Bonchev–Trinajstić information content (AvgIpc) is 1.86. The molecule has 1 nitrogen and oxygen atoms in total. The van der Waals surface area contributed by atoms with Crippen LogP contribution < -0.4 is 5.73 Å². The zero-order chi connectivity index (χ0) is 8.91. The van der Waals surface area contributed by atoms with Gasteiger partial charge in [0, 0.05) is 11.8 Å². The smallest absolute Gasteiger partial charge is 0.0179 e. The Balaban J connectivity index is 3.44. The number of nitrogens with two attached hydrogens (primary N) is 1. The van der Waals surface area contributed by atoms with Crippen molar-refractivity contribution in [2.24, 2.45) is 11.1 Å². The van der Waals surface area contributed by atoms with Crippen LogP contribution in [0.1, 0.15) is 34.1 Å². The topological polar surface area (TPSA) is 26.0 Å². The molecule has 1 unspecified atom stereocenters. The Bertz CT molecular complexity index is 96.2. The summed E-state index contributed by atoms with van der Waals surface area (Å²) in [6.07, 6.45) is 1.25. The van der Waals surface area contributed by atoms with Crippen molar-refractivity contribution in [3.63, 3.8) is 0 Å². The fourth-order valence-electron chi connectivity index (χ4n) is 0.605. The van der Waals surface area contributed by atoms with Crippen LogP contribution in [0.15, 0.2) is 0 Å². The van der Waals surface area contributed by atoms with Crippen LogP contribution in [0.2, 0.25) is 0 Å². The first-order valence-electron chi connectivity index (χ1n) is 4.31. The van der Waals surface area contributed by atoms with E-state index in [1.807, 2.05) is 11.8 Å². The lowest BCUT2D eigenvalue weighted by Gasteiger charge is -2.26. The van der Waals surface area contributed by atoms with Crippen molar-refractivity contribution in [3.05, 3.63) is 0 Å². The van der Waals surface area contributed by atoms with E-state index in [0.717, 1.165) is 5.75 Å². The van der Waals surface area contributed by atoms with E-state index in [0.29, 0.717) is 6.04 Å². The molecule has 0 amide bonds. The lowest BCUT2D eigenvalue weighted by atomic mass is 9.89. The molecule has 0 bridgehead atoms. The predicted octanol–water partition coefficient (Wildman–Crippen LogP) is 2.50. The maximum absolute atomic E-state index is 5.97. The molecule has 0 heterocycles. The van der Waals surface area contributed by atoms with E-state index in [2.05, 4.69) is 27.7 Å². The van der Waals surface area contributed by atoms with Gasteiger partial charge in [-0.1, -0.05) is 27.7 Å². The highest BCUT2D eigenvalue weighted by molar-refractivity contribution is 7.99. The van der Waals surface area contributed by atoms with Gasteiger partial charge in [-0.05, 0) is 17.6 Å². The number of thioether (sulfide) groups is 1. The van der Waals surface area contributed by atoms with Crippen molar-refractivity contribution in [1.29, 1.82) is 0 Å². The van der Waals surface area contributed by atoms with Gasteiger partial charge >= 0.3 is 0 Å². The van der Waals surface area contributed by atoms with E-state index in [9.17, 15) is 0 Å². The van der Waals surface area contributed by atoms with Gasteiger partial charge in [-0.15, -0.1) is 0 Å². The molecule has 11 heavy (non-hydrogen) atoms. The number of rotatable bonds is 4. The monoisotopic (exact) mass is 175 g/mol. The van der Waals surface area contributed by atoms with Crippen molar-refractivity contribution >= 4 is 11.8 Å². The van der Waals surface area contributed by atoms with Crippen LogP contribution in [0.3, 0.4) is 0 Å². The molecule has 0 saturated heterocycles. The molecule has 0 fully saturated rings. The highest BCUT2D eigenvalue weighted by atomic mass is 32.2. The minimum atomic E-state index is 0.265. The Labute approximate surface area is 75.1 Å². The third kappa shape index (κ3) is 5.57. The van der Waals surface area contributed by atoms with Crippen LogP contribution in [-0.2, 0) is 0 Å². The second kappa shape index (κ2) is 5.04. The molecule has 0 rings (SSSR count). The van der Waals surface area contributed by atoms with Crippen LogP contribution >= 0.6 is 11.8 Å². The molecule has 0 aliphatic carbocycles. The largest absolute Gasteiger partial charge is 0.326 e. The first-order valence-corrected chi connectivity index (χ1v) is 5.47. The average molecular weight is 175 g/mol. The molecular weight excluding hydrogens is 154 g/mol. The van der Waals surface area contributed by atoms with Gasteiger partial charge in [0.2, 0.25) is 0 Å². The van der Waals surface area contributed by atoms with E-state index in [-0.39, 0.29) is 5.41 Å². The second-order valence-corrected chi connectivity index (χ2v) is 5.20. The van der Waals surface area contributed by atoms with Crippen molar-refractivity contribution in [3.8, 4) is 0 Å². The standard InChI is InChI=1S/C9H21NS/c1-5-6-11-7-8(10)9(2,3)4/h8H,5-7,10H2,1-4H3. The lowest BCUT2D eigenvalue weighted by Crippen LogP contribution is -2.37. The molecule has 0 aromatic carbocycles. The fourth-order valence-corrected chi connectivity index (χ4v) is 1.81. The van der Waals surface area contributed by atoms with Crippen LogP contribution in [0.25, 0.3) is 0 Å². The minimum Gasteiger partial charge on any atom is -0.326 e. The summed E-state index contributed by atoms with van der Waals surface area (Å²) in [5.41, 5.74) is 6.24. The van der Waals surface area contributed by atoms with Crippen molar-refractivity contribution in [2.45, 2.75) is 40.2 Å². The molecule has 0 saturated carbocycles. The maximum Gasteiger partial charge on any atom is 0.0179 e. The normalized spacial score (nSPS) is 15.0. The quantitative estimate of drug-likeness (QED) is 0.664. The summed E-state index contributed by atoms with van der Waals surface area (Å²) in [5.74, 6) is 2.33. The summed E-state index contributed by atoms with van der Waals surface area (Å²) in [6.45, 7) is 8.80. The molecule has 0 aromatic heterocycles. The summed E-state index contributed by atoms with van der Waals surface area (Å²) < 4.78 is 0. The van der Waals surface area contributed by atoms with E-state index < -0.39 is 0 Å². The minimum absolute atomic E-state index is 0.265. The van der Waals surface area contributed by atoms with Crippen LogP contribution in [0, 0.1) is 5.41 Å². The summed E-state index contributed by atoms with van der Waals surface area (Å²) in [4.78, 5) is 0. The van der Waals surface area contributed by atoms with Crippen molar-refractivity contribution in [2.75, 3.05) is 11.5 Å². The van der Waals surface area contributed by atoms with Crippen LogP contribution in [0.5, 0.6) is 0 Å². The Hall–Kier alpha value is 0.310. The molecule has 0 aliphatic heterocycles. The van der Waals surface area contributed by atoms with Gasteiger partial charge in [-0.3, -0.25) is 0 Å². The summed E-state index contributed by atoms with van der Waals surface area (Å²) >= 11 is 1.96. The lowest BCUT2D eigenvalue weighted by molar-refractivity contribution is 0.344. The third-order valence-electron chi connectivity index (χ3n) is 1.76. The molecule has 68 valence electrons. The number of hydrogen-bond donors (Lipinski definition) is 1. The zero-order valence-corrected chi connectivity index (χ0v) is 9.00. The molecule has 2 heteroatoms. The van der Waals surface area contributed by atoms with E-state index in [1.54, 1.807) is 0 Å². The SMILES string of the molecule is CCCSCC(N)C(C)(C)C. The molecule has 0 spiro atoms. The van der Waals surface area contributed by atoms with E-state index in [4.69, 9.17) is 5.73 Å². The van der Waals surface area contributed by atoms with Gasteiger partial charge in [0.25, 0.3) is 0 Å². The number of hydrogen-bond acceptors (Lipinski definition) is 2. The summed E-state index contributed by atoms with van der Waals surface area (Å²) in [5, 5.41) is 0. The van der Waals surface area contributed by atoms with Crippen LogP contribution in [-0.4, -0.2) is 17.5 Å². The van der Waals surface area contributed by atoms with Gasteiger partial charge in [-0.25, -0.2) is 0 Å². The van der Waals surface area contributed by atoms with Gasteiger partial charge in [0.15, 0.2) is 0 Å². The molecule has 2 N–H and O–H groups in total. The molecule has 1 atom stereocenters. The van der Waals surface area contributed by atoms with Gasteiger partial charge in [0.1, 0.15) is 0 Å². The second-order valence-electron chi connectivity index (χ2n) is 4.05. The summed E-state index contributed by atoms with van der Waals surface area (Å²) in [7, 11) is 0. The van der Waals surface area contributed by atoms with E-state index in [1.165, 1.54) is 12.2 Å². The molecular formula is C9H21NS. The Morgan fingerprint density at radius 2 is 1.91 bits per heavy atom. The molecule has 0 aromatic rings. The maximum atomic E-state index is 5.97. The Morgan fingerprint density at radius 3 is 2.27 bits per heavy atom. The highest BCUT2D eigenvalue weighted by Gasteiger charge is 2.19. The van der Waals surface area contributed by atoms with Crippen molar-refractivity contribution < 1.29 is 0 Å². The van der Waals surface area contributed by atoms with Crippen LogP contribution in [0.4, 0.5) is 0 Å². The van der Waals surface area contributed by atoms with Gasteiger partial charge < -0.3 is 5.73 Å². The predicted molar refractivity (Wildman–Crippen MR) is 55.0 cm³/mol. The zero-order valence-electron chi connectivity index (χ0n) is 8.18. The first kappa shape index (κ1) is 11.3. The van der Waals surface area contributed by atoms with Gasteiger partial charge in [0.05, 0.1) is 0 Å². The fraction of sp³-hybridized carbons (Fsp3) is 1.00. The van der Waals surface area contributed by atoms with Crippen molar-refractivity contribution in [1.82, 2.24) is 0 Å².